The number of ether oxygens (including phenoxy) is 2. The summed E-state index contributed by atoms with van der Waals surface area (Å²) >= 11 is 0. The molecule has 0 saturated heterocycles. The van der Waals surface area contributed by atoms with E-state index in [-0.39, 0.29) is 0 Å². The highest BCUT2D eigenvalue weighted by Crippen LogP contribution is 2.29. The van der Waals surface area contributed by atoms with Gasteiger partial charge in [-0.3, -0.25) is 0 Å². The van der Waals surface area contributed by atoms with Gasteiger partial charge in [-0.25, -0.2) is 9.97 Å². The fourth-order valence-electron chi connectivity index (χ4n) is 1.56. The Labute approximate surface area is 106 Å². The van der Waals surface area contributed by atoms with Gasteiger partial charge in [-0.2, -0.15) is 0 Å². The fourth-order valence-corrected chi connectivity index (χ4v) is 1.56. The Bertz CT molecular complexity index is 503. The third-order valence-corrected chi connectivity index (χ3v) is 2.51. The summed E-state index contributed by atoms with van der Waals surface area (Å²) in [6.07, 6.45) is 5.06. The first-order valence-corrected chi connectivity index (χ1v) is 5.53. The van der Waals surface area contributed by atoms with Crippen LogP contribution in [0, 0.1) is 0 Å². The maximum Gasteiger partial charge on any atom is 0.145 e. The van der Waals surface area contributed by atoms with E-state index in [1.807, 2.05) is 18.2 Å². The van der Waals surface area contributed by atoms with Gasteiger partial charge in [0.2, 0.25) is 0 Å². The van der Waals surface area contributed by atoms with E-state index < -0.39 is 0 Å². The second-order valence-corrected chi connectivity index (χ2v) is 3.67. The van der Waals surface area contributed by atoms with Crippen LogP contribution in [0.3, 0.4) is 0 Å². The number of methoxy groups -OCH3 is 2. The number of nitrogens with one attached hydrogen (secondary N) is 1. The van der Waals surface area contributed by atoms with E-state index in [4.69, 9.17) is 9.47 Å². The molecular weight excluding hydrogens is 230 g/mol. The summed E-state index contributed by atoms with van der Waals surface area (Å²) in [5.41, 5.74) is 1.91. The Morgan fingerprint density at radius 3 is 2.56 bits per heavy atom. The molecule has 0 unspecified atom stereocenters. The largest absolute Gasteiger partial charge is 0.497 e. The van der Waals surface area contributed by atoms with Gasteiger partial charge in [0.05, 0.1) is 19.9 Å². The van der Waals surface area contributed by atoms with E-state index >= 15 is 0 Å². The van der Waals surface area contributed by atoms with Crippen LogP contribution in [-0.2, 0) is 6.54 Å². The van der Waals surface area contributed by atoms with Gasteiger partial charge in [0.25, 0.3) is 0 Å². The molecule has 1 heterocycles. The second-order valence-electron chi connectivity index (χ2n) is 3.67. The quantitative estimate of drug-likeness (QED) is 0.874. The summed E-state index contributed by atoms with van der Waals surface area (Å²) in [5, 5.41) is 3.27. The van der Waals surface area contributed by atoms with Gasteiger partial charge in [-0.15, -0.1) is 0 Å². The molecule has 18 heavy (non-hydrogen) atoms. The average molecular weight is 245 g/mol. The molecule has 0 fully saturated rings. The molecule has 0 bridgehead atoms. The van der Waals surface area contributed by atoms with Crippen molar-refractivity contribution in [2.45, 2.75) is 6.54 Å². The fraction of sp³-hybridized carbons (Fsp3) is 0.231. The summed E-state index contributed by atoms with van der Waals surface area (Å²) < 4.78 is 10.4. The van der Waals surface area contributed by atoms with Crippen molar-refractivity contribution < 1.29 is 9.47 Å². The molecule has 0 aliphatic heterocycles. The van der Waals surface area contributed by atoms with Crippen molar-refractivity contribution in [3.05, 3.63) is 42.5 Å². The molecule has 2 rings (SSSR count). The minimum Gasteiger partial charge on any atom is -0.497 e. The summed E-state index contributed by atoms with van der Waals surface area (Å²) in [6, 6.07) is 5.64. The minimum absolute atomic E-state index is 0.642. The summed E-state index contributed by atoms with van der Waals surface area (Å²) in [7, 11) is 3.26. The van der Waals surface area contributed by atoms with Crippen molar-refractivity contribution in [1.29, 1.82) is 0 Å². The Balaban J connectivity index is 2.09. The van der Waals surface area contributed by atoms with E-state index in [1.54, 1.807) is 26.6 Å². The van der Waals surface area contributed by atoms with Crippen LogP contribution >= 0.6 is 0 Å². The third-order valence-electron chi connectivity index (χ3n) is 2.51. The van der Waals surface area contributed by atoms with Gasteiger partial charge in [-0.1, -0.05) is 0 Å². The number of nitrogens with zero attached hydrogens (tertiary/aromatic N) is 2. The highest BCUT2D eigenvalue weighted by atomic mass is 16.5. The van der Waals surface area contributed by atoms with Gasteiger partial charge in [0.15, 0.2) is 0 Å². The first-order valence-electron chi connectivity index (χ1n) is 5.53. The lowest BCUT2D eigenvalue weighted by atomic mass is 10.2. The van der Waals surface area contributed by atoms with Crippen molar-refractivity contribution in [1.82, 2.24) is 9.97 Å². The standard InChI is InChI=1S/C13H15N3O2/c1-17-11-3-4-12(13(5-11)18-2)16-8-10-6-14-9-15-7-10/h3-7,9,16H,8H2,1-2H3. The van der Waals surface area contributed by atoms with E-state index in [9.17, 15) is 0 Å². The van der Waals surface area contributed by atoms with Crippen LogP contribution in [0.5, 0.6) is 11.5 Å². The first-order chi connectivity index (χ1) is 8.83. The van der Waals surface area contributed by atoms with Crippen LogP contribution < -0.4 is 14.8 Å². The topological polar surface area (TPSA) is 56.3 Å². The molecule has 0 aliphatic rings. The molecule has 5 nitrogen and oxygen atoms in total. The third kappa shape index (κ3) is 2.88. The lowest BCUT2D eigenvalue weighted by molar-refractivity contribution is 0.395. The van der Waals surface area contributed by atoms with Crippen LogP contribution in [0.4, 0.5) is 5.69 Å². The number of anilines is 1. The van der Waals surface area contributed by atoms with Crippen molar-refractivity contribution in [2.75, 3.05) is 19.5 Å². The Morgan fingerprint density at radius 2 is 1.89 bits per heavy atom. The van der Waals surface area contributed by atoms with Gasteiger partial charge in [-0.05, 0) is 12.1 Å². The maximum absolute atomic E-state index is 5.30. The predicted octanol–water partition coefficient (Wildman–Crippen LogP) is 2.11. The SMILES string of the molecule is COc1ccc(NCc2cncnc2)c(OC)c1. The summed E-state index contributed by atoms with van der Waals surface area (Å²) in [6.45, 7) is 0.642. The predicted molar refractivity (Wildman–Crippen MR) is 68.9 cm³/mol. The van der Waals surface area contributed by atoms with Crippen LogP contribution in [0.25, 0.3) is 0 Å². The first kappa shape index (κ1) is 12.2. The van der Waals surface area contributed by atoms with Gasteiger partial charge in [0, 0.05) is 30.6 Å². The minimum atomic E-state index is 0.642. The van der Waals surface area contributed by atoms with E-state index in [2.05, 4.69) is 15.3 Å². The highest BCUT2D eigenvalue weighted by molar-refractivity contribution is 5.59. The molecule has 2 aromatic rings. The van der Waals surface area contributed by atoms with Crippen LogP contribution in [0.1, 0.15) is 5.56 Å². The molecule has 0 amide bonds. The molecule has 0 radical (unpaired) electrons. The molecule has 1 aromatic carbocycles. The summed E-state index contributed by atoms with van der Waals surface area (Å²) in [5.74, 6) is 1.51. The Morgan fingerprint density at radius 1 is 1.11 bits per heavy atom. The molecule has 0 aliphatic carbocycles. The number of aromatic nitrogens is 2. The molecule has 1 aromatic heterocycles. The highest BCUT2D eigenvalue weighted by Gasteiger charge is 2.04. The van der Waals surface area contributed by atoms with Crippen LogP contribution in [0.2, 0.25) is 0 Å². The van der Waals surface area contributed by atoms with E-state index in [0.29, 0.717) is 6.54 Å². The molecule has 94 valence electrons. The molecular formula is C13H15N3O2. The molecule has 1 N–H and O–H groups in total. The number of hydrogen-bond donors (Lipinski definition) is 1. The van der Waals surface area contributed by atoms with Crippen LogP contribution in [0.15, 0.2) is 36.9 Å². The normalized spacial score (nSPS) is 9.89. The van der Waals surface area contributed by atoms with Gasteiger partial charge < -0.3 is 14.8 Å². The zero-order chi connectivity index (χ0) is 12.8. The van der Waals surface area contributed by atoms with Gasteiger partial charge >= 0.3 is 0 Å². The Kier molecular flexibility index (Phi) is 3.96. The average Bonchev–Trinajstić information content (AvgIpc) is 2.46. The zero-order valence-corrected chi connectivity index (χ0v) is 10.4. The van der Waals surface area contributed by atoms with Crippen molar-refractivity contribution >= 4 is 5.69 Å². The van der Waals surface area contributed by atoms with Crippen molar-refractivity contribution in [3.8, 4) is 11.5 Å². The monoisotopic (exact) mass is 245 g/mol. The second kappa shape index (κ2) is 5.86. The van der Waals surface area contributed by atoms with E-state index in [1.165, 1.54) is 6.33 Å². The molecule has 0 spiro atoms. The Hall–Kier alpha value is -2.30. The number of rotatable bonds is 5. The number of hydrogen-bond acceptors (Lipinski definition) is 5. The molecule has 0 saturated carbocycles. The lowest BCUT2D eigenvalue weighted by Crippen LogP contribution is -2.02. The van der Waals surface area contributed by atoms with Gasteiger partial charge in [0.1, 0.15) is 17.8 Å². The van der Waals surface area contributed by atoms with Crippen LogP contribution in [-0.4, -0.2) is 24.2 Å². The number of benzene rings is 1. The summed E-state index contributed by atoms with van der Waals surface area (Å²) in [4.78, 5) is 7.93. The lowest BCUT2D eigenvalue weighted by Gasteiger charge is -2.12. The molecule has 0 atom stereocenters. The smallest absolute Gasteiger partial charge is 0.145 e. The maximum atomic E-state index is 5.30. The molecule has 5 heteroatoms. The zero-order valence-electron chi connectivity index (χ0n) is 10.4. The van der Waals surface area contributed by atoms with E-state index in [0.717, 1.165) is 22.7 Å². The van der Waals surface area contributed by atoms with Crippen molar-refractivity contribution in [2.24, 2.45) is 0 Å². The van der Waals surface area contributed by atoms with Crippen molar-refractivity contribution in [3.63, 3.8) is 0 Å².